The Morgan fingerprint density at radius 1 is 1.06 bits per heavy atom. The lowest BCUT2D eigenvalue weighted by atomic mass is 9.92. The Bertz CT molecular complexity index is 1410. The Morgan fingerprint density at radius 3 is 2.45 bits per heavy atom. The van der Waals surface area contributed by atoms with Crippen LogP contribution in [0.4, 0.5) is 11.6 Å². The maximum absolute atomic E-state index is 10.8. The van der Waals surface area contributed by atoms with Crippen molar-refractivity contribution in [3.8, 4) is 0 Å². The number of hydrogen-bond acceptors (Lipinski definition) is 7. The number of aromatic nitrogens is 6. The van der Waals surface area contributed by atoms with E-state index in [-0.39, 0.29) is 5.54 Å². The molecule has 2 fully saturated rings. The van der Waals surface area contributed by atoms with Crippen molar-refractivity contribution in [1.29, 1.82) is 0 Å². The van der Waals surface area contributed by atoms with Gasteiger partial charge in [0.25, 0.3) is 0 Å². The SMILES string of the molecule is Cc1cc2nccnc2cc1Nc1ncc2c(n1)n(C13CCC(O)(CC1)C3)c(=S)n2C. The molecule has 2 aliphatic carbocycles. The predicted octanol–water partition coefficient (Wildman–Crippen LogP) is 3.90. The van der Waals surface area contributed by atoms with Crippen molar-refractivity contribution in [2.24, 2.45) is 7.05 Å². The summed E-state index contributed by atoms with van der Waals surface area (Å²) in [7, 11) is 1.95. The quantitative estimate of drug-likeness (QED) is 0.473. The van der Waals surface area contributed by atoms with Gasteiger partial charge >= 0.3 is 0 Å². The van der Waals surface area contributed by atoms with Gasteiger partial charge in [-0.05, 0) is 68.9 Å². The monoisotopic (exact) mass is 433 g/mol. The number of aryl methyl sites for hydroxylation is 2. The lowest BCUT2D eigenvalue weighted by Crippen LogP contribution is -2.29. The molecule has 2 saturated carbocycles. The molecule has 3 heterocycles. The highest BCUT2D eigenvalue weighted by Gasteiger charge is 2.55. The predicted molar refractivity (Wildman–Crippen MR) is 121 cm³/mol. The highest BCUT2D eigenvalue weighted by molar-refractivity contribution is 7.71. The van der Waals surface area contributed by atoms with Crippen LogP contribution in [0.15, 0.2) is 30.7 Å². The van der Waals surface area contributed by atoms with Crippen molar-refractivity contribution in [1.82, 2.24) is 29.1 Å². The first kappa shape index (κ1) is 18.8. The van der Waals surface area contributed by atoms with Crippen LogP contribution in [0.1, 0.15) is 37.7 Å². The molecule has 8 nitrogen and oxygen atoms in total. The molecule has 2 bridgehead atoms. The summed E-state index contributed by atoms with van der Waals surface area (Å²) in [6.07, 6.45) is 9.42. The van der Waals surface area contributed by atoms with E-state index in [0.717, 1.165) is 70.3 Å². The second kappa shape index (κ2) is 6.30. The van der Waals surface area contributed by atoms with Crippen LogP contribution >= 0.6 is 12.2 Å². The van der Waals surface area contributed by atoms with Gasteiger partial charge in [0.1, 0.15) is 5.52 Å². The van der Waals surface area contributed by atoms with E-state index in [4.69, 9.17) is 17.2 Å². The summed E-state index contributed by atoms with van der Waals surface area (Å²) in [5, 5.41) is 14.1. The van der Waals surface area contributed by atoms with Crippen LogP contribution in [0.2, 0.25) is 0 Å². The third-order valence-corrected chi connectivity index (χ3v) is 7.56. The molecule has 31 heavy (non-hydrogen) atoms. The Labute approximate surface area is 184 Å². The Balaban J connectivity index is 1.47. The zero-order valence-corrected chi connectivity index (χ0v) is 18.3. The molecule has 0 spiro atoms. The highest BCUT2D eigenvalue weighted by Crippen LogP contribution is 2.55. The fourth-order valence-corrected chi connectivity index (χ4v) is 5.80. The summed E-state index contributed by atoms with van der Waals surface area (Å²) >= 11 is 5.81. The zero-order chi connectivity index (χ0) is 21.4. The summed E-state index contributed by atoms with van der Waals surface area (Å²) in [6.45, 7) is 2.02. The molecule has 2 N–H and O–H groups in total. The second-order valence-electron chi connectivity index (χ2n) is 9.04. The number of nitrogens with zero attached hydrogens (tertiary/aromatic N) is 6. The lowest BCUT2D eigenvalue weighted by Gasteiger charge is -2.28. The van der Waals surface area contributed by atoms with Crippen molar-refractivity contribution in [3.63, 3.8) is 0 Å². The van der Waals surface area contributed by atoms with Crippen LogP contribution < -0.4 is 5.32 Å². The number of aliphatic hydroxyl groups is 1. The number of anilines is 2. The maximum Gasteiger partial charge on any atom is 0.229 e. The number of rotatable bonds is 3. The topological polar surface area (TPSA) is 93.7 Å². The molecule has 4 aromatic rings. The van der Waals surface area contributed by atoms with E-state index in [1.54, 1.807) is 12.4 Å². The number of fused-ring (bicyclic) bond motifs is 4. The van der Waals surface area contributed by atoms with Gasteiger partial charge in [-0.15, -0.1) is 0 Å². The molecular formula is C22H23N7OS. The summed E-state index contributed by atoms with van der Waals surface area (Å²) in [4.78, 5) is 18.2. The zero-order valence-electron chi connectivity index (χ0n) is 17.5. The second-order valence-corrected chi connectivity index (χ2v) is 9.41. The van der Waals surface area contributed by atoms with E-state index in [1.807, 2.05) is 36.9 Å². The number of benzene rings is 1. The molecular weight excluding hydrogens is 410 g/mol. The summed E-state index contributed by atoms with van der Waals surface area (Å²) in [5.41, 5.74) is 4.59. The normalized spacial score (nSPS) is 25.0. The van der Waals surface area contributed by atoms with E-state index in [2.05, 4.69) is 24.8 Å². The maximum atomic E-state index is 10.8. The fourth-order valence-electron chi connectivity index (χ4n) is 5.42. The first-order chi connectivity index (χ1) is 14.9. The van der Waals surface area contributed by atoms with Crippen LogP contribution in [-0.2, 0) is 12.6 Å². The van der Waals surface area contributed by atoms with Gasteiger partial charge in [-0.2, -0.15) is 4.98 Å². The molecule has 1 aromatic carbocycles. The van der Waals surface area contributed by atoms with E-state index in [0.29, 0.717) is 5.95 Å². The Hall–Kier alpha value is -2.91. The minimum atomic E-state index is -0.561. The fraction of sp³-hybridized carbons (Fsp3) is 0.409. The number of imidazole rings is 1. The summed E-state index contributed by atoms with van der Waals surface area (Å²) in [5.74, 6) is 0.510. The van der Waals surface area contributed by atoms with Gasteiger partial charge in [0.05, 0.1) is 28.4 Å². The van der Waals surface area contributed by atoms with Crippen LogP contribution in [0.25, 0.3) is 22.2 Å². The van der Waals surface area contributed by atoms with E-state index in [1.165, 1.54) is 0 Å². The van der Waals surface area contributed by atoms with Crippen LogP contribution in [0, 0.1) is 11.7 Å². The number of nitrogens with one attached hydrogen (secondary N) is 1. The molecule has 0 amide bonds. The first-order valence-corrected chi connectivity index (χ1v) is 10.9. The largest absolute Gasteiger partial charge is 0.390 e. The molecule has 0 saturated heterocycles. The Morgan fingerprint density at radius 2 is 1.77 bits per heavy atom. The van der Waals surface area contributed by atoms with Crippen molar-refractivity contribution in [3.05, 3.63) is 41.1 Å². The summed E-state index contributed by atoms with van der Waals surface area (Å²) < 4.78 is 4.87. The number of hydrogen-bond donors (Lipinski definition) is 2. The van der Waals surface area contributed by atoms with Gasteiger partial charge < -0.3 is 15.0 Å². The standard InChI is InChI=1S/C22H23N7OS/c1-13-9-15-16(24-8-7-23-15)10-14(13)26-19-25-11-17-18(27-19)29(20(31)28(17)2)21-3-5-22(30,12-21)6-4-21/h7-11,30H,3-6,12H2,1-2H3,(H,25,26,27). The molecule has 0 radical (unpaired) electrons. The lowest BCUT2D eigenvalue weighted by molar-refractivity contribution is 0.0521. The molecule has 2 aliphatic rings. The van der Waals surface area contributed by atoms with Crippen LogP contribution in [-0.4, -0.2) is 39.8 Å². The molecule has 0 aliphatic heterocycles. The van der Waals surface area contributed by atoms with Gasteiger partial charge in [0.15, 0.2) is 10.4 Å². The molecule has 0 atom stereocenters. The average Bonchev–Trinajstić information content (AvgIpc) is 3.36. The van der Waals surface area contributed by atoms with Gasteiger partial charge in [-0.1, -0.05) is 0 Å². The van der Waals surface area contributed by atoms with Crippen molar-refractivity contribution in [2.75, 3.05) is 5.32 Å². The van der Waals surface area contributed by atoms with Crippen molar-refractivity contribution < 1.29 is 5.11 Å². The molecule has 158 valence electrons. The van der Waals surface area contributed by atoms with Gasteiger partial charge in [0, 0.05) is 25.1 Å². The van der Waals surface area contributed by atoms with E-state index < -0.39 is 5.60 Å². The Kier molecular flexibility index (Phi) is 3.83. The van der Waals surface area contributed by atoms with Crippen molar-refractivity contribution in [2.45, 2.75) is 50.2 Å². The van der Waals surface area contributed by atoms with Crippen LogP contribution in [0.5, 0.6) is 0 Å². The minimum Gasteiger partial charge on any atom is -0.390 e. The molecule has 6 rings (SSSR count). The third-order valence-electron chi connectivity index (χ3n) is 7.11. The molecule has 9 heteroatoms. The average molecular weight is 434 g/mol. The van der Waals surface area contributed by atoms with E-state index >= 15 is 0 Å². The highest BCUT2D eigenvalue weighted by atomic mass is 32.1. The third kappa shape index (κ3) is 2.73. The van der Waals surface area contributed by atoms with E-state index in [9.17, 15) is 5.11 Å². The van der Waals surface area contributed by atoms with Gasteiger partial charge in [-0.25, -0.2) is 4.98 Å². The summed E-state index contributed by atoms with van der Waals surface area (Å²) in [6, 6.07) is 3.97. The smallest absolute Gasteiger partial charge is 0.229 e. The van der Waals surface area contributed by atoms with Crippen LogP contribution in [0.3, 0.4) is 0 Å². The molecule has 0 unspecified atom stereocenters. The first-order valence-electron chi connectivity index (χ1n) is 10.5. The molecule has 3 aromatic heterocycles. The van der Waals surface area contributed by atoms with Crippen molar-refractivity contribution >= 4 is 46.1 Å². The van der Waals surface area contributed by atoms with Gasteiger partial charge in [0.2, 0.25) is 5.95 Å². The van der Waals surface area contributed by atoms with Gasteiger partial charge in [-0.3, -0.25) is 14.5 Å². The minimum absolute atomic E-state index is 0.161.